The summed E-state index contributed by atoms with van der Waals surface area (Å²) in [7, 11) is 0. The van der Waals surface area contributed by atoms with Crippen molar-refractivity contribution in [3.8, 4) is 17.1 Å². The number of hydrogen-bond acceptors (Lipinski definition) is 4. The molecule has 7 nitrogen and oxygen atoms in total. The third kappa shape index (κ3) is 3.88. The number of benzene rings is 2. The normalized spacial score (nSPS) is 10.7. The number of halogens is 1. The summed E-state index contributed by atoms with van der Waals surface area (Å²) >= 11 is 6.10. The Labute approximate surface area is 160 Å². The summed E-state index contributed by atoms with van der Waals surface area (Å²) in [5.74, 6) is 0.214. The van der Waals surface area contributed by atoms with Crippen LogP contribution in [0.1, 0.15) is 0 Å². The Balaban J connectivity index is 1.50. The van der Waals surface area contributed by atoms with E-state index in [-0.39, 0.29) is 12.5 Å². The number of rotatable bonds is 5. The van der Waals surface area contributed by atoms with Crippen LogP contribution in [0.15, 0.2) is 73.1 Å². The molecular formula is C19H15ClN6O. The number of anilines is 1. The first-order valence-electron chi connectivity index (χ1n) is 8.25. The molecule has 1 N–H and O–H groups in total. The maximum absolute atomic E-state index is 12.5. The van der Waals surface area contributed by atoms with E-state index in [1.807, 2.05) is 59.4 Å². The molecule has 2 aromatic heterocycles. The average Bonchev–Trinajstić information content (AvgIpc) is 3.36. The summed E-state index contributed by atoms with van der Waals surface area (Å²) in [6.07, 6.45) is 3.76. The molecule has 0 saturated heterocycles. The molecule has 0 atom stereocenters. The summed E-state index contributed by atoms with van der Waals surface area (Å²) in [4.78, 5) is 13.7. The van der Waals surface area contributed by atoms with Crippen molar-refractivity contribution in [3.05, 3.63) is 78.1 Å². The lowest BCUT2D eigenvalue weighted by Crippen LogP contribution is -2.21. The summed E-state index contributed by atoms with van der Waals surface area (Å²) in [5, 5.41) is 15.7. The van der Waals surface area contributed by atoms with Crippen molar-refractivity contribution in [2.24, 2.45) is 0 Å². The lowest BCUT2D eigenvalue weighted by molar-refractivity contribution is -0.117. The van der Waals surface area contributed by atoms with Gasteiger partial charge in [-0.25, -0.2) is 0 Å². The van der Waals surface area contributed by atoms with E-state index in [0.29, 0.717) is 16.5 Å². The van der Waals surface area contributed by atoms with Crippen LogP contribution in [-0.4, -0.2) is 30.7 Å². The van der Waals surface area contributed by atoms with Crippen molar-refractivity contribution in [2.75, 3.05) is 5.32 Å². The number of tetrazole rings is 1. The molecule has 8 heteroatoms. The van der Waals surface area contributed by atoms with E-state index < -0.39 is 0 Å². The highest BCUT2D eigenvalue weighted by molar-refractivity contribution is 6.30. The third-order valence-electron chi connectivity index (χ3n) is 3.89. The molecule has 27 heavy (non-hydrogen) atoms. The fourth-order valence-corrected chi connectivity index (χ4v) is 2.82. The van der Waals surface area contributed by atoms with Gasteiger partial charge in [0.25, 0.3) is 0 Å². The first-order chi connectivity index (χ1) is 13.2. The zero-order valence-corrected chi connectivity index (χ0v) is 14.9. The molecule has 0 fully saturated rings. The van der Waals surface area contributed by atoms with E-state index in [1.165, 1.54) is 4.80 Å². The van der Waals surface area contributed by atoms with Crippen molar-refractivity contribution in [3.63, 3.8) is 0 Å². The van der Waals surface area contributed by atoms with Gasteiger partial charge in [0.15, 0.2) is 0 Å². The van der Waals surface area contributed by atoms with Gasteiger partial charge in [-0.15, -0.1) is 10.2 Å². The number of carbonyl (C=O) groups excluding carboxylic acids is 1. The van der Waals surface area contributed by atoms with Gasteiger partial charge in [0.05, 0.1) is 11.4 Å². The number of amides is 1. The zero-order chi connectivity index (χ0) is 18.6. The van der Waals surface area contributed by atoms with Gasteiger partial charge in [0, 0.05) is 23.0 Å². The summed E-state index contributed by atoms with van der Waals surface area (Å²) in [6.45, 7) is -0.0480. The van der Waals surface area contributed by atoms with Gasteiger partial charge in [-0.2, -0.15) is 4.80 Å². The first-order valence-corrected chi connectivity index (χ1v) is 8.63. The zero-order valence-electron chi connectivity index (χ0n) is 14.2. The highest BCUT2D eigenvalue weighted by Crippen LogP contribution is 2.24. The third-order valence-corrected chi connectivity index (χ3v) is 4.12. The van der Waals surface area contributed by atoms with Crippen LogP contribution in [0.4, 0.5) is 5.69 Å². The van der Waals surface area contributed by atoms with E-state index in [2.05, 4.69) is 20.7 Å². The quantitative estimate of drug-likeness (QED) is 0.577. The van der Waals surface area contributed by atoms with Crippen LogP contribution in [0.3, 0.4) is 0 Å². The molecule has 0 bridgehead atoms. The molecule has 0 unspecified atom stereocenters. The molecule has 0 saturated carbocycles. The minimum atomic E-state index is -0.261. The Hall–Kier alpha value is -3.45. The molecule has 4 rings (SSSR count). The second-order valence-corrected chi connectivity index (χ2v) is 6.25. The monoisotopic (exact) mass is 378 g/mol. The fourth-order valence-electron chi connectivity index (χ4n) is 2.65. The molecule has 2 heterocycles. The van der Waals surface area contributed by atoms with Crippen LogP contribution >= 0.6 is 11.6 Å². The van der Waals surface area contributed by atoms with Gasteiger partial charge in [-0.05, 0) is 35.5 Å². The molecule has 0 aliphatic heterocycles. The molecule has 0 radical (unpaired) electrons. The van der Waals surface area contributed by atoms with E-state index in [0.717, 1.165) is 11.3 Å². The van der Waals surface area contributed by atoms with Crippen LogP contribution in [0, 0.1) is 0 Å². The highest BCUT2D eigenvalue weighted by Gasteiger charge is 2.12. The minimum absolute atomic E-state index is 0.0480. The van der Waals surface area contributed by atoms with Crippen molar-refractivity contribution in [1.29, 1.82) is 0 Å². The fraction of sp³-hybridized carbons (Fsp3) is 0.0526. The number of aromatic nitrogens is 5. The lowest BCUT2D eigenvalue weighted by Gasteiger charge is -2.12. The first kappa shape index (κ1) is 17.0. The molecule has 2 aromatic carbocycles. The number of nitrogens with one attached hydrogen (secondary N) is 1. The molecular weight excluding hydrogens is 364 g/mol. The van der Waals surface area contributed by atoms with E-state index >= 15 is 0 Å². The second kappa shape index (κ2) is 7.43. The molecule has 4 aromatic rings. The van der Waals surface area contributed by atoms with Gasteiger partial charge in [-0.1, -0.05) is 41.9 Å². The highest BCUT2D eigenvalue weighted by atomic mass is 35.5. The van der Waals surface area contributed by atoms with Gasteiger partial charge in [-0.3, -0.25) is 4.79 Å². The van der Waals surface area contributed by atoms with Crippen LogP contribution in [0.5, 0.6) is 0 Å². The Kier molecular flexibility index (Phi) is 4.67. The SMILES string of the molecule is O=C(Cn1nnc(-c2ccccc2)n1)Nc1ccc(Cl)cc1-n1cccc1. The Morgan fingerprint density at radius 3 is 2.59 bits per heavy atom. The predicted molar refractivity (Wildman–Crippen MR) is 103 cm³/mol. The molecule has 0 aliphatic rings. The topological polar surface area (TPSA) is 77.6 Å². The second-order valence-electron chi connectivity index (χ2n) is 5.81. The largest absolute Gasteiger partial charge is 0.323 e. The van der Waals surface area contributed by atoms with Crippen LogP contribution in [0.25, 0.3) is 17.1 Å². The molecule has 1 amide bonds. The van der Waals surface area contributed by atoms with Crippen molar-refractivity contribution >= 4 is 23.2 Å². The maximum Gasteiger partial charge on any atom is 0.248 e. The smallest absolute Gasteiger partial charge is 0.248 e. The van der Waals surface area contributed by atoms with Gasteiger partial charge in [0.1, 0.15) is 6.54 Å². The summed E-state index contributed by atoms with van der Waals surface area (Å²) in [6, 6.07) is 18.6. The molecule has 0 spiro atoms. The van der Waals surface area contributed by atoms with Gasteiger partial charge in [0.2, 0.25) is 11.7 Å². The number of carbonyl (C=O) groups is 1. The van der Waals surface area contributed by atoms with E-state index in [4.69, 9.17) is 11.6 Å². The molecule has 134 valence electrons. The standard InChI is InChI=1S/C19H15ClN6O/c20-15-8-9-16(17(12-15)25-10-4-5-11-25)21-18(27)13-26-23-19(22-24-26)14-6-2-1-3-7-14/h1-12H,13H2,(H,21,27). The van der Waals surface area contributed by atoms with E-state index in [1.54, 1.807) is 18.2 Å². The van der Waals surface area contributed by atoms with Gasteiger partial charge >= 0.3 is 0 Å². The Morgan fingerprint density at radius 2 is 1.81 bits per heavy atom. The maximum atomic E-state index is 12.5. The average molecular weight is 379 g/mol. The van der Waals surface area contributed by atoms with Crippen LogP contribution < -0.4 is 5.32 Å². The number of nitrogens with zero attached hydrogens (tertiary/aromatic N) is 5. The van der Waals surface area contributed by atoms with Gasteiger partial charge < -0.3 is 9.88 Å². The number of hydrogen-bond donors (Lipinski definition) is 1. The predicted octanol–water partition coefficient (Wildman–Crippen LogP) is 3.42. The Morgan fingerprint density at radius 1 is 1.04 bits per heavy atom. The van der Waals surface area contributed by atoms with Crippen LogP contribution in [-0.2, 0) is 11.3 Å². The van der Waals surface area contributed by atoms with Crippen LogP contribution in [0.2, 0.25) is 5.02 Å². The minimum Gasteiger partial charge on any atom is -0.323 e. The lowest BCUT2D eigenvalue weighted by atomic mass is 10.2. The van der Waals surface area contributed by atoms with Crippen molar-refractivity contribution < 1.29 is 4.79 Å². The Bertz CT molecular complexity index is 1060. The summed E-state index contributed by atoms with van der Waals surface area (Å²) < 4.78 is 1.88. The van der Waals surface area contributed by atoms with Crippen molar-refractivity contribution in [2.45, 2.75) is 6.54 Å². The summed E-state index contributed by atoms with van der Waals surface area (Å²) in [5.41, 5.74) is 2.26. The van der Waals surface area contributed by atoms with E-state index in [9.17, 15) is 4.79 Å². The molecule has 0 aliphatic carbocycles. The van der Waals surface area contributed by atoms with Crippen molar-refractivity contribution in [1.82, 2.24) is 24.8 Å².